The van der Waals surface area contributed by atoms with Gasteiger partial charge in [0, 0.05) is 30.7 Å². The maximum absolute atomic E-state index is 12.2. The van der Waals surface area contributed by atoms with Gasteiger partial charge in [-0.05, 0) is 42.8 Å². The van der Waals surface area contributed by atoms with E-state index in [0.717, 1.165) is 16.9 Å². The van der Waals surface area contributed by atoms with E-state index in [2.05, 4.69) is 15.6 Å². The summed E-state index contributed by atoms with van der Waals surface area (Å²) < 4.78 is 1.92. The Morgan fingerprint density at radius 1 is 1.08 bits per heavy atom. The van der Waals surface area contributed by atoms with E-state index in [4.69, 9.17) is 0 Å². The van der Waals surface area contributed by atoms with E-state index in [1.165, 1.54) is 6.92 Å². The van der Waals surface area contributed by atoms with Crippen molar-refractivity contribution in [1.29, 1.82) is 0 Å². The van der Waals surface area contributed by atoms with Gasteiger partial charge in [-0.2, -0.15) is 0 Å². The van der Waals surface area contributed by atoms with Crippen LogP contribution in [0.2, 0.25) is 0 Å². The molecule has 2 aromatic heterocycles. The van der Waals surface area contributed by atoms with Crippen molar-refractivity contribution in [2.24, 2.45) is 0 Å². The first-order valence-electron chi connectivity index (χ1n) is 7.62. The number of anilines is 2. The Hall–Kier alpha value is -3.15. The van der Waals surface area contributed by atoms with E-state index in [1.54, 1.807) is 24.3 Å². The number of nitrogens with one attached hydrogen (secondary N) is 2. The predicted molar refractivity (Wildman–Crippen MR) is 93.0 cm³/mol. The first-order valence-corrected chi connectivity index (χ1v) is 7.62. The Kier molecular flexibility index (Phi) is 4.29. The highest BCUT2D eigenvalue weighted by Crippen LogP contribution is 2.15. The van der Waals surface area contributed by atoms with Gasteiger partial charge in [0.1, 0.15) is 5.65 Å². The summed E-state index contributed by atoms with van der Waals surface area (Å²) >= 11 is 0. The number of imidazole rings is 1. The molecule has 0 unspecified atom stereocenters. The second kappa shape index (κ2) is 6.54. The van der Waals surface area contributed by atoms with Gasteiger partial charge in [-0.3, -0.25) is 9.59 Å². The number of aromatic nitrogens is 2. The average Bonchev–Trinajstić information content (AvgIpc) is 2.92. The Labute approximate surface area is 139 Å². The van der Waals surface area contributed by atoms with E-state index < -0.39 is 0 Å². The number of amides is 2. The highest BCUT2D eigenvalue weighted by atomic mass is 16.2. The van der Waals surface area contributed by atoms with Crippen molar-refractivity contribution < 1.29 is 9.59 Å². The van der Waals surface area contributed by atoms with Gasteiger partial charge in [0.2, 0.25) is 11.8 Å². The van der Waals surface area contributed by atoms with Gasteiger partial charge in [0.15, 0.2) is 0 Å². The van der Waals surface area contributed by atoms with Gasteiger partial charge in [-0.25, -0.2) is 4.98 Å². The summed E-state index contributed by atoms with van der Waals surface area (Å²) in [5.74, 6) is -0.266. The van der Waals surface area contributed by atoms with Crippen LogP contribution in [0.25, 0.3) is 5.65 Å². The second-order valence-corrected chi connectivity index (χ2v) is 5.64. The number of carbonyl (C=O) groups is 2. The highest BCUT2D eigenvalue weighted by molar-refractivity contribution is 5.93. The maximum Gasteiger partial charge on any atom is 0.230 e. The minimum atomic E-state index is -0.136. The van der Waals surface area contributed by atoms with E-state index in [0.29, 0.717) is 11.4 Å². The number of carbonyl (C=O) groups excluding carboxylic acids is 2. The molecule has 0 aliphatic carbocycles. The molecule has 6 nitrogen and oxygen atoms in total. The number of benzene rings is 1. The summed E-state index contributed by atoms with van der Waals surface area (Å²) in [5.41, 5.74) is 4.01. The van der Waals surface area contributed by atoms with Gasteiger partial charge in [-0.1, -0.05) is 6.07 Å². The normalized spacial score (nSPS) is 10.6. The van der Waals surface area contributed by atoms with Gasteiger partial charge in [-0.15, -0.1) is 0 Å². The molecule has 2 heterocycles. The molecular weight excluding hydrogens is 304 g/mol. The third-order valence-electron chi connectivity index (χ3n) is 3.56. The maximum atomic E-state index is 12.2. The molecule has 0 spiro atoms. The van der Waals surface area contributed by atoms with Gasteiger partial charge in [0.05, 0.1) is 12.1 Å². The predicted octanol–water partition coefficient (Wildman–Crippen LogP) is 2.78. The Morgan fingerprint density at radius 2 is 1.75 bits per heavy atom. The second-order valence-electron chi connectivity index (χ2n) is 5.64. The number of hydrogen-bond acceptors (Lipinski definition) is 3. The molecule has 0 bridgehead atoms. The third-order valence-corrected chi connectivity index (χ3v) is 3.56. The lowest BCUT2D eigenvalue weighted by Gasteiger charge is -2.06. The number of hydrogen-bond donors (Lipinski definition) is 2. The molecule has 3 rings (SSSR count). The summed E-state index contributed by atoms with van der Waals surface area (Å²) in [6.45, 7) is 3.44. The molecule has 2 amide bonds. The largest absolute Gasteiger partial charge is 0.326 e. The molecular formula is C18H18N4O2. The lowest BCUT2D eigenvalue weighted by molar-refractivity contribution is -0.116. The zero-order valence-electron chi connectivity index (χ0n) is 13.5. The molecule has 3 aromatic rings. The van der Waals surface area contributed by atoms with E-state index in [1.807, 2.05) is 35.9 Å². The molecule has 0 saturated carbocycles. The van der Waals surface area contributed by atoms with Crippen molar-refractivity contribution in [3.63, 3.8) is 0 Å². The fraction of sp³-hybridized carbons (Fsp3) is 0.167. The van der Waals surface area contributed by atoms with Gasteiger partial charge < -0.3 is 15.0 Å². The Morgan fingerprint density at radius 3 is 2.38 bits per heavy atom. The molecule has 0 saturated heterocycles. The molecule has 0 aliphatic heterocycles. The van der Waals surface area contributed by atoms with Crippen LogP contribution in [0.3, 0.4) is 0 Å². The molecule has 0 atom stereocenters. The number of pyridine rings is 1. The molecule has 24 heavy (non-hydrogen) atoms. The van der Waals surface area contributed by atoms with Crippen LogP contribution in [0.5, 0.6) is 0 Å². The van der Waals surface area contributed by atoms with Crippen molar-refractivity contribution >= 4 is 28.8 Å². The first kappa shape index (κ1) is 15.7. The quantitative estimate of drug-likeness (QED) is 0.775. The number of fused-ring (bicyclic) bond motifs is 1. The number of rotatable bonds is 4. The van der Waals surface area contributed by atoms with Crippen molar-refractivity contribution in [3.8, 4) is 0 Å². The molecule has 1 aromatic carbocycles. The SMILES string of the molecule is CC(=O)Nc1ccc(NC(=O)Cc2cn3cccc(C)c3n2)cc1. The van der Waals surface area contributed by atoms with E-state index >= 15 is 0 Å². The smallest absolute Gasteiger partial charge is 0.230 e. The number of nitrogens with zero attached hydrogens (tertiary/aromatic N) is 2. The average molecular weight is 322 g/mol. The van der Waals surface area contributed by atoms with Crippen LogP contribution in [0.1, 0.15) is 18.2 Å². The van der Waals surface area contributed by atoms with Crippen molar-refractivity contribution in [1.82, 2.24) is 9.38 Å². The highest BCUT2D eigenvalue weighted by Gasteiger charge is 2.09. The number of aryl methyl sites for hydroxylation is 1. The van der Waals surface area contributed by atoms with Crippen LogP contribution in [-0.4, -0.2) is 21.2 Å². The molecule has 122 valence electrons. The molecule has 0 radical (unpaired) electrons. The van der Waals surface area contributed by atoms with Crippen molar-refractivity contribution in [3.05, 3.63) is 60.0 Å². The minimum Gasteiger partial charge on any atom is -0.326 e. The van der Waals surface area contributed by atoms with Crippen molar-refractivity contribution in [2.45, 2.75) is 20.3 Å². The molecule has 2 N–H and O–H groups in total. The monoisotopic (exact) mass is 322 g/mol. The zero-order chi connectivity index (χ0) is 17.1. The van der Waals surface area contributed by atoms with E-state index in [-0.39, 0.29) is 18.2 Å². The molecule has 0 fully saturated rings. The fourth-order valence-corrected chi connectivity index (χ4v) is 2.50. The van der Waals surface area contributed by atoms with Crippen LogP contribution in [0.4, 0.5) is 11.4 Å². The van der Waals surface area contributed by atoms with Gasteiger partial charge >= 0.3 is 0 Å². The van der Waals surface area contributed by atoms with Crippen molar-refractivity contribution in [2.75, 3.05) is 10.6 Å². The summed E-state index contributed by atoms with van der Waals surface area (Å²) in [6, 6.07) is 10.9. The van der Waals surface area contributed by atoms with E-state index in [9.17, 15) is 9.59 Å². The standard InChI is InChI=1S/C18H18N4O2/c1-12-4-3-9-22-11-16(21-18(12)22)10-17(24)20-15-7-5-14(6-8-15)19-13(2)23/h3-9,11H,10H2,1-2H3,(H,19,23)(H,20,24). The van der Waals surface area contributed by atoms with Crippen LogP contribution in [-0.2, 0) is 16.0 Å². The Bertz CT molecular complexity index is 897. The summed E-state index contributed by atoms with van der Waals surface area (Å²) in [4.78, 5) is 27.7. The van der Waals surface area contributed by atoms with Crippen LogP contribution < -0.4 is 10.6 Å². The summed E-state index contributed by atoms with van der Waals surface area (Å²) in [6.07, 6.45) is 3.98. The lowest BCUT2D eigenvalue weighted by atomic mass is 10.2. The topological polar surface area (TPSA) is 75.5 Å². The minimum absolute atomic E-state index is 0.131. The van der Waals surface area contributed by atoms with Crippen LogP contribution in [0, 0.1) is 6.92 Å². The summed E-state index contributed by atoms with van der Waals surface area (Å²) in [5, 5.41) is 5.51. The molecule has 6 heteroatoms. The van der Waals surface area contributed by atoms with Gasteiger partial charge in [0.25, 0.3) is 0 Å². The zero-order valence-corrected chi connectivity index (χ0v) is 13.5. The third kappa shape index (κ3) is 3.60. The fourth-order valence-electron chi connectivity index (χ4n) is 2.50. The summed E-state index contributed by atoms with van der Waals surface area (Å²) in [7, 11) is 0. The molecule has 0 aliphatic rings. The first-order chi connectivity index (χ1) is 11.5. The van der Waals surface area contributed by atoms with Crippen LogP contribution >= 0.6 is 0 Å². The Balaban J connectivity index is 1.66. The lowest BCUT2D eigenvalue weighted by Crippen LogP contribution is -2.14. The van der Waals surface area contributed by atoms with Crippen LogP contribution in [0.15, 0.2) is 48.8 Å².